The monoisotopic (exact) mass is 502 g/mol. The molecule has 0 N–H and O–H groups in total. The van der Waals surface area contributed by atoms with Crippen LogP contribution in [0.2, 0.25) is 0 Å². The molecule has 0 bridgehead atoms. The van der Waals surface area contributed by atoms with Crippen LogP contribution in [0.3, 0.4) is 0 Å². The Morgan fingerprint density at radius 3 is 2.45 bits per heavy atom. The van der Waals surface area contributed by atoms with Gasteiger partial charge in [-0.15, -0.1) is 0 Å². The maximum absolute atomic E-state index is 12.8. The van der Waals surface area contributed by atoms with Gasteiger partial charge in [-0.3, -0.25) is 4.79 Å². The number of ketones is 1. The fourth-order valence-electron chi connectivity index (χ4n) is 3.95. The lowest BCUT2D eigenvalue weighted by atomic mass is 10.0. The summed E-state index contributed by atoms with van der Waals surface area (Å²) >= 11 is 0. The van der Waals surface area contributed by atoms with Crippen molar-refractivity contribution in [2.75, 3.05) is 7.11 Å². The van der Waals surface area contributed by atoms with Crippen LogP contribution in [-0.2, 0) is 6.54 Å². The van der Waals surface area contributed by atoms with Gasteiger partial charge in [-0.25, -0.2) is 9.13 Å². The van der Waals surface area contributed by atoms with E-state index in [2.05, 4.69) is 22.8 Å². The molecule has 0 saturated heterocycles. The van der Waals surface area contributed by atoms with E-state index in [0.29, 0.717) is 5.56 Å². The normalized spacial score (nSPS) is 11.7. The minimum Gasteiger partial charge on any atom is -1.00 e. The summed E-state index contributed by atoms with van der Waals surface area (Å²) in [7, 11) is 1.61. The van der Waals surface area contributed by atoms with Crippen molar-refractivity contribution in [2.24, 2.45) is 0 Å². The Labute approximate surface area is 202 Å². The topological polar surface area (TPSA) is 48.2 Å². The van der Waals surface area contributed by atoms with E-state index >= 15 is 0 Å². The molecule has 33 heavy (non-hydrogen) atoms. The standard InChI is InChI=1S/C27H23N2O3.BrH/c1-31-23-13-11-20(12-14-23)24(30)18-28-15-16-29(19-28)27(21-7-3-2-4-8-21)26-17-22-9-5-6-10-25(22)32-26;/h2-17,19,27H,18H2,1H3;1H/q+1;/p-1. The van der Waals surface area contributed by atoms with Crippen LogP contribution in [-0.4, -0.2) is 17.5 Å². The van der Waals surface area contributed by atoms with E-state index in [4.69, 9.17) is 9.15 Å². The minimum atomic E-state index is -0.138. The number of methoxy groups -OCH3 is 1. The zero-order chi connectivity index (χ0) is 21.9. The Morgan fingerprint density at radius 1 is 1.00 bits per heavy atom. The summed E-state index contributed by atoms with van der Waals surface area (Å²) in [4.78, 5) is 12.8. The summed E-state index contributed by atoms with van der Waals surface area (Å²) < 4.78 is 15.4. The Bertz CT molecular complexity index is 1320. The number of ether oxygens (including phenoxy) is 1. The largest absolute Gasteiger partial charge is 1.00 e. The van der Waals surface area contributed by atoms with E-state index in [-0.39, 0.29) is 35.4 Å². The molecule has 0 fully saturated rings. The number of nitrogens with zero attached hydrogens (tertiary/aromatic N) is 2. The lowest BCUT2D eigenvalue weighted by Crippen LogP contribution is -3.00. The van der Waals surface area contributed by atoms with Crippen LogP contribution < -0.4 is 26.3 Å². The predicted octanol–water partition coefficient (Wildman–Crippen LogP) is 2.05. The van der Waals surface area contributed by atoms with Crippen molar-refractivity contribution in [3.63, 3.8) is 0 Å². The van der Waals surface area contributed by atoms with E-state index in [1.165, 1.54) is 0 Å². The molecule has 0 saturated carbocycles. The summed E-state index contributed by atoms with van der Waals surface area (Å²) in [5.74, 6) is 1.62. The second kappa shape index (κ2) is 9.88. The van der Waals surface area contributed by atoms with Gasteiger partial charge in [0, 0.05) is 16.5 Å². The van der Waals surface area contributed by atoms with Crippen molar-refractivity contribution < 1.29 is 35.5 Å². The number of hydrogen-bond acceptors (Lipinski definition) is 3. The lowest BCUT2D eigenvalue weighted by molar-refractivity contribution is -0.682. The molecular formula is C27H23BrN2O3. The molecule has 3 aromatic carbocycles. The van der Waals surface area contributed by atoms with E-state index in [1.54, 1.807) is 31.4 Å². The second-order valence-electron chi connectivity index (χ2n) is 7.68. The van der Waals surface area contributed by atoms with Gasteiger partial charge in [0.15, 0.2) is 18.3 Å². The number of aromatic nitrogens is 2. The van der Waals surface area contributed by atoms with Gasteiger partial charge in [0.1, 0.15) is 23.7 Å². The molecular weight excluding hydrogens is 480 g/mol. The first-order valence-corrected chi connectivity index (χ1v) is 10.5. The molecule has 166 valence electrons. The highest BCUT2D eigenvalue weighted by Gasteiger charge is 2.26. The summed E-state index contributed by atoms with van der Waals surface area (Å²) in [5, 5.41) is 1.07. The van der Waals surface area contributed by atoms with Crippen molar-refractivity contribution in [2.45, 2.75) is 12.6 Å². The number of hydrogen-bond donors (Lipinski definition) is 0. The molecule has 1 atom stereocenters. The first-order chi connectivity index (χ1) is 15.7. The molecule has 1 unspecified atom stereocenters. The maximum Gasteiger partial charge on any atom is 0.245 e. The van der Waals surface area contributed by atoms with Crippen LogP contribution in [0.4, 0.5) is 0 Å². The van der Waals surface area contributed by atoms with Gasteiger partial charge in [-0.2, -0.15) is 0 Å². The van der Waals surface area contributed by atoms with Gasteiger partial charge in [-0.05, 0) is 36.4 Å². The fraction of sp³-hybridized carbons (Fsp3) is 0.111. The smallest absolute Gasteiger partial charge is 0.245 e. The van der Waals surface area contributed by atoms with Gasteiger partial charge in [0.05, 0.1) is 7.11 Å². The fourth-order valence-corrected chi connectivity index (χ4v) is 3.95. The molecule has 6 heteroatoms. The zero-order valence-corrected chi connectivity index (χ0v) is 19.7. The highest BCUT2D eigenvalue weighted by molar-refractivity contribution is 5.95. The highest BCUT2D eigenvalue weighted by Crippen LogP contribution is 2.31. The first kappa shape index (κ1) is 22.6. The SMILES string of the molecule is COc1ccc(C(=O)C[n+]2ccn(C(c3ccccc3)c3cc4ccccc4o3)c2)cc1.[Br-]. The van der Waals surface area contributed by atoms with Gasteiger partial charge < -0.3 is 26.1 Å². The van der Waals surface area contributed by atoms with Crippen LogP contribution in [0, 0.1) is 0 Å². The predicted molar refractivity (Wildman–Crippen MR) is 122 cm³/mol. The van der Waals surface area contributed by atoms with Crippen LogP contribution in [0.25, 0.3) is 11.0 Å². The molecule has 5 aromatic rings. The number of carbonyl (C=O) groups excluding carboxylic acids is 1. The molecule has 0 aliphatic heterocycles. The molecule has 5 rings (SSSR count). The van der Waals surface area contributed by atoms with E-state index in [9.17, 15) is 4.79 Å². The molecule has 0 aliphatic rings. The van der Waals surface area contributed by atoms with Crippen molar-refractivity contribution in [3.8, 4) is 5.75 Å². The third-order valence-corrected chi connectivity index (χ3v) is 5.58. The average molecular weight is 503 g/mol. The molecule has 2 heterocycles. The summed E-state index contributed by atoms with van der Waals surface area (Å²) in [6, 6.07) is 27.4. The number of Topliss-reactive ketones (excluding diaryl/α,β-unsaturated/α-hetero) is 1. The van der Waals surface area contributed by atoms with Gasteiger partial charge >= 0.3 is 0 Å². The van der Waals surface area contributed by atoms with Crippen molar-refractivity contribution in [3.05, 3.63) is 121 Å². The van der Waals surface area contributed by atoms with E-state index in [0.717, 1.165) is 28.0 Å². The number of carbonyl (C=O) groups is 1. The van der Waals surface area contributed by atoms with Gasteiger partial charge in [-0.1, -0.05) is 48.5 Å². The third kappa shape index (κ3) is 4.76. The molecule has 5 nitrogen and oxygen atoms in total. The molecule has 0 radical (unpaired) electrons. The lowest BCUT2D eigenvalue weighted by Gasteiger charge is -2.11. The third-order valence-electron chi connectivity index (χ3n) is 5.58. The summed E-state index contributed by atoms with van der Waals surface area (Å²) in [5.41, 5.74) is 2.62. The Balaban J connectivity index is 0.00000259. The van der Waals surface area contributed by atoms with Crippen LogP contribution >= 0.6 is 0 Å². The minimum absolute atomic E-state index is 0. The first-order valence-electron chi connectivity index (χ1n) is 10.5. The van der Waals surface area contributed by atoms with Gasteiger partial charge in [0.2, 0.25) is 12.1 Å². The second-order valence-corrected chi connectivity index (χ2v) is 7.68. The Morgan fingerprint density at radius 2 is 1.73 bits per heavy atom. The number of halogens is 1. The van der Waals surface area contributed by atoms with Gasteiger partial charge in [0.25, 0.3) is 0 Å². The van der Waals surface area contributed by atoms with Crippen LogP contribution in [0.1, 0.15) is 27.7 Å². The number of furan rings is 1. The average Bonchev–Trinajstić information content (AvgIpc) is 3.47. The number of benzene rings is 3. The summed E-state index contributed by atoms with van der Waals surface area (Å²) in [6.07, 6.45) is 5.85. The van der Waals surface area contributed by atoms with E-state index in [1.807, 2.05) is 65.8 Å². The quantitative estimate of drug-likeness (QED) is 0.253. The molecule has 0 aliphatic carbocycles. The number of imidazole rings is 1. The van der Waals surface area contributed by atoms with E-state index < -0.39 is 0 Å². The Hall–Kier alpha value is -3.64. The van der Waals surface area contributed by atoms with Crippen molar-refractivity contribution >= 4 is 16.8 Å². The maximum atomic E-state index is 12.8. The zero-order valence-electron chi connectivity index (χ0n) is 18.1. The van der Waals surface area contributed by atoms with Crippen LogP contribution in [0.15, 0.2) is 108 Å². The highest BCUT2D eigenvalue weighted by atomic mass is 79.9. The number of para-hydroxylation sites is 1. The number of fused-ring (bicyclic) bond motifs is 1. The Kier molecular flexibility index (Phi) is 6.75. The summed E-state index contributed by atoms with van der Waals surface area (Å²) in [6.45, 7) is 0.251. The molecule has 0 spiro atoms. The van der Waals surface area contributed by atoms with Crippen molar-refractivity contribution in [1.82, 2.24) is 4.57 Å². The molecule has 0 amide bonds. The van der Waals surface area contributed by atoms with Crippen molar-refractivity contribution in [1.29, 1.82) is 0 Å². The molecule has 2 aromatic heterocycles. The van der Waals surface area contributed by atoms with Crippen LogP contribution in [0.5, 0.6) is 5.75 Å². The number of rotatable bonds is 7.